The number of hydrogen-bond acceptors (Lipinski definition) is 12. The predicted octanol–water partition coefficient (Wildman–Crippen LogP) is 1.69. The monoisotopic (exact) mass is 944 g/mol. The zero-order valence-corrected chi connectivity index (χ0v) is 40.1. The molecular weight excluding hydrogens is 871 g/mol. The lowest BCUT2D eigenvalue weighted by Crippen LogP contribution is -2.56. The van der Waals surface area contributed by atoms with Gasteiger partial charge in [0, 0.05) is 32.7 Å². The summed E-state index contributed by atoms with van der Waals surface area (Å²) in [5.74, 6) is -5.90. The lowest BCUT2D eigenvalue weighted by Gasteiger charge is -2.34. The van der Waals surface area contributed by atoms with E-state index in [4.69, 9.17) is 25.7 Å². The SMILES string of the molecule is CC/C=C1/NC(=O)/C=C/[C@@H](C(C)C)OC(=O)C(C)(C)[C@H](C[C@H](/C=C/C=C/C/C=C\CCC(C)C)OC)OC(=O)CNC(=O)[C@H](CNC(N)=O)NC(=O)CNC(=O)C(CCCNC(N)=O)NC1=O. The van der Waals surface area contributed by atoms with E-state index in [1.54, 1.807) is 32.9 Å². The second-order valence-electron chi connectivity index (χ2n) is 16.9. The Bertz CT molecular complexity index is 1840. The van der Waals surface area contributed by atoms with Crippen LogP contribution in [0, 0.1) is 17.3 Å². The molecule has 5 atom stereocenters. The Kier molecular flexibility index (Phi) is 27.4. The van der Waals surface area contributed by atoms with E-state index < -0.39 is 109 Å². The molecule has 11 N–H and O–H groups in total. The summed E-state index contributed by atoms with van der Waals surface area (Å²) in [6, 6.07) is -4.68. The minimum Gasteiger partial charge on any atom is -0.460 e. The molecule has 0 aromatic carbocycles. The molecule has 1 aliphatic heterocycles. The molecule has 0 saturated heterocycles. The van der Waals surface area contributed by atoms with Crippen LogP contribution in [0.5, 0.6) is 0 Å². The fourth-order valence-electron chi connectivity index (χ4n) is 6.04. The van der Waals surface area contributed by atoms with Crippen molar-refractivity contribution >= 4 is 53.5 Å². The maximum Gasteiger partial charge on any atom is 0.325 e. The molecule has 0 aromatic heterocycles. The standard InChI is InChI=1S/C46H73N9O12/c1-9-18-32-42(61)55-33(21-17-24-49-44(47)63)40(59)50-27-38(57)54-34(26-52-45(48)64)41(60)51-28-39(58)67-36(25-31(65-8)20-16-14-12-10-11-13-15-19-29(2)3)46(6,7)43(62)66-35(30(4)5)22-23-37(56)53-32/h11-14,16,18,20,22-23,29-31,33-36H,9-10,15,17,19,21,24-28H2,1-8H3,(H,50,59)(H,51,60)(H,53,56)(H,54,57)(H,55,61)(H3,47,49,63)(H3,48,52,64)/b13-11-,14-12+,20-16+,23-22+,32-18+/t31-,33?,34-,35-,36-/m0/s1. The Morgan fingerprint density at radius 1 is 0.896 bits per heavy atom. The number of esters is 2. The van der Waals surface area contributed by atoms with Gasteiger partial charge in [-0.2, -0.15) is 0 Å². The van der Waals surface area contributed by atoms with Crippen LogP contribution in [0.4, 0.5) is 9.59 Å². The third kappa shape index (κ3) is 24.6. The number of cyclic esters (lactones) is 2. The minimum absolute atomic E-state index is 0.0332. The van der Waals surface area contributed by atoms with E-state index in [-0.39, 0.29) is 43.8 Å². The van der Waals surface area contributed by atoms with E-state index in [2.05, 4.69) is 63.2 Å². The lowest BCUT2D eigenvalue weighted by molar-refractivity contribution is -0.175. The van der Waals surface area contributed by atoms with Crippen molar-refractivity contribution < 1.29 is 57.4 Å². The van der Waals surface area contributed by atoms with Crippen LogP contribution in [0.1, 0.15) is 93.4 Å². The van der Waals surface area contributed by atoms with Gasteiger partial charge < -0.3 is 62.9 Å². The maximum atomic E-state index is 14.1. The number of carbonyl (C=O) groups excluding carboxylic acids is 9. The number of primary amides is 2. The van der Waals surface area contributed by atoms with Gasteiger partial charge in [-0.15, -0.1) is 0 Å². The first-order valence-corrected chi connectivity index (χ1v) is 22.4. The van der Waals surface area contributed by atoms with E-state index in [0.717, 1.165) is 18.9 Å². The van der Waals surface area contributed by atoms with Crippen molar-refractivity contribution in [2.75, 3.05) is 33.3 Å². The second kappa shape index (κ2) is 31.4. The van der Waals surface area contributed by atoms with Crippen molar-refractivity contribution in [2.45, 2.75) is 124 Å². The average Bonchev–Trinajstić information content (AvgIpc) is 3.25. The van der Waals surface area contributed by atoms with Gasteiger partial charge in [0.1, 0.15) is 36.5 Å². The van der Waals surface area contributed by atoms with Gasteiger partial charge in [0.05, 0.1) is 18.1 Å². The van der Waals surface area contributed by atoms with E-state index in [1.165, 1.54) is 33.1 Å². The number of amides is 9. The van der Waals surface area contributed by atoms with Gasteiger partial charge in [-0.25, -0.2) is 9.59 Å². The van der Waals surface area contributed by atoms with Crippen LogP contribution in [0.15, 0.2) is 60.4 Å². The molecule has 0 radical (unpaired) electrons. The molecule has 21 heteroatoms. The zero-order valence-electron chi connectivity index (χ0n) is 40.1. The minimum atomic E-state index is -1.56. The summed E-state index contributed by atoms with van der Waals surface area (Å²) >= 11 is 0. The molecule has 9 amide bonds. The number of allylic oxidation sites excluding steroid dienone is 6. The van der Waals surface area contributed by atoms with Crippen molar-refractivity contribution in [1.82, 2.24) is 37.2 Å². The fourth-order valence-corrected chi connectivity index (χ4v) is 6.04. The van der Waals surface area contributed by atoms with E-state index in [1.807, 2.05) is 12.2 Å². The highest BCUT2D eigenvalue weighted by molar-refractivity contribution is 6.02. The third-order valence-corrected chi connectivity index (χ3v) is 10.1. The molecule has 0 fully saturated rings. The van der Waals surface area contributed by atoms with Crippen LogP contribution in [-0.4, -0.2) is 117 Å². The average molecular weight is 944 g/mol. The molecule has 0 spiro atoms. The second-order valence-corrected chi connectivity index (χ2v) is 16.9. The van der Waals surface area contributed by atoms with Crippen molar-refractivity contribution in [3.63, 3.8) is 0 Å². The molecule has 21 nitrogen and oxygen atoms in total. The van der Waals surface area contributed by atoms with Crippen molar-refractivity contribution in [3.8, 4) is 0 Å². The van der Waals surface area contributed by atoms with Gasteiger partial charge >= 0.3 is 24.0 Å². The molecule has 1 aliphatic rings. The largest absolute Gasteiger partial charge is 0.460 e. The van der Waals surface area contributed by atoms with Crippen molar-refractivity contribution in [1.29, 1.82) is 0 Å². The van der Waals surface area contributed by atoms with Gasteiger partial charge in [0.15, 0.2) is 0 Å². The fraction of sp³-hybridized carbons (Fsp3) is 0.587. The lowest BCUT2D eigenvalue weighted by atomic mass is 9.83. The summed E-state index contributed by atoms with van der Waals surface area (Å²) in [6.07, 6.45) is 15.6. The van der Waals surface area contributed by atoms with Gasteiger partial charge in [0.25, 0.3) is 5.91 Å². The van der Waals surface area contributed by atoms with Crippen LogP contribution in [0.25, 0.3) is 0 Å². The Morgan fingerprint density at radius 3 is 2.19 bits per heavy atom. The van der Waals surface area contributed by atoms with Crippen LogP contribution in [0.2, 0.25) is 0 Å². The molecule has 1 heterocycles. The number of hydrogen-bond donors (Lipinski definition) is 9. The first-order chi connectivity index (χ1) is 31.6. The third-order valence-electron chi connectivity index (χ3n) is 10.1. The molecule has 1 unspecified atom stereocenters. The molecule has 0 aromatic rings. The number of rotatable bonds is 18. The van der Waals surface area contributed by atoms with Gasteiger partial charge in [0.2, 0.25) is 23.6 Å². The number of urea groups is 2. The normalized spacial score (nSPS) is 22.6. The zero-order chi connectivity index (χ0) is 50.5. The number of methoxy groups -OCH3 is 1. The Labute approximate surface area is 393 Å². The Morgan fingerprint density at radius 2 is 1.57 bits per heavy atom. The molecule has 1 rings (SSSR count). The highest BCUT2D eigenvalue weighted by atomic mass is 16.6. The molecule has 67 heavy (non-hydrogen) atoms. The molecule has 0 saturated carbocycles. The number of carbonyl (C=O) groups is 9. The van der Waals surface area contributed by atoms with Crippen LogP contribution >= 0.6 is 0 Å². The van der Waals surface area contributed by atoms with E-state index in [0.29, 0.717) is 12.3 Å². The highest BCUT2D eigenvalue weighted by Gasteiger charge is 2.43. The quantitative estimate of drug-likeness (QED) is 0.0312. The Balaban J connectivity index is 3.66. The summed E-state index contributed by atoms with van der Waals surface area (Å²) in [6.45, 7) is 10.6. The predicted molar refractivity (Wildman–Crippen MR) is 250 cm³/mol. The summed E-state index contributed by atoms with van der Waals surface area (Å²) in [5.41, 5.74) is 8.57. The number of nitrogens with one attached hydrogen (secondary N) is 7. The summed E-state index contributed by atoms with van der Waals surface area (Å²) < 4.78 is 17.5. The smallest absolute Gasteiger partial charge is 0.325 e. The van der Waals surface area contributed by atoms with Crippen molar-refractivity contribution in [2.24, 2.45) is 28.7 Å². The number of ether oxygens (including phenoxy) is 3. The van der Waals surface area contributed by atoms with Gasteiger partial charge in [-0.05, 0) is 70.3 Å². The van der Waals surface area contributed by atoms with Crippen LogP contribution in [-0.2, 0) is 47.8 Å². The van der Waals surface area contributed by atoms with E-state index >= 15 is 0 Å². The first kappa shape index (κ1) is 58.5. The van der Waals surface area contributed by atoms with Crippen LogP contribution < -0.4 is 48.7 Å². The van der Waals surface area contributed by atoms with Gasteiger partial charge in [-0.3, -0.25) is 33.6 Å². The van der Waals surface area contributed by atoms with Crippen LogP contribution in [0.3, 0.4) is 0 Å². The topological polar surface area (TPSA) is 318 Å². The summed E-state index contributed by atoms with van der Waals surface area (Å²) in [5, 5.41) is 16.7. The highest BCUT2D eigenvalue weighted by Crippen LogP contribution is 2.31. The molecule has 374 valence electrons. The van der Waals surface area contributed by atoms with Gasteiger partial charge in [-0.1, -0.05) is 77.2 Å². The summed E-state index contributed by atoms with van der Waals surface area (Å²) in [4.78, 5) is 117. The summed E-state index contributed by atoms with van der Waals surface area (Å²) in [7, 11) is 1.45. The molecule has 0 aliphatic carbocycles. The first-order valence-electron chi connectivity index (χ1n) is 22.4. The van der Waals surface area contributed by atoms with E-state index in [9.17, 15) is 43.2 Å². The molecular formula is C46H73N9O12. The molecule has 0 bridgehead atoms. The maximum absolute atomic E-state index is 14.1. The number of nitrogens with two attached hydrogens (primary N) is 2. The Hall–Kier alpha value is -6.51. The van der Waals surface area contributed by atoms with Crippen molar-refractivity contribution in [3.05, 3.63) is 60.4 Å².